The van der Waals surface area contributed by atoms with Crippen LogP contribution in [-0.4, -0.2) is 25.7 Å². The normalized spacial score (nSPS) is 10.9. The molecule has 0 radical (unpaired) electrons. The fraction of sp³-hybridized carbons (Fsp3) is 0.364. The first-order valence-electron chi connectivity index (χ1n) is 5.22. The Bertz CT molecular complexity index is 422. The highest BCUT2D eigenvalue weighted by molar-refractivity contribution is 7.99. The average molecular weight is 234 g/mol. The summed E-state index contributed by atoms with van der Waals surface area (Å²) in [6.45, 7) is 4.39. The lowest BCUT2D eigenvalue weighted by Gasteiger charge is -2.03. The molecule has 0 saturated heterocycles. The fourth-order valence-electron chi connectivity index (χ4n) is 1.17. The van der Waals surface area contributed by atoms with Gasteiger partial charge in [0.05, 0.1) is 0 Å². The maximum atomic E-state index is 4.16. The number of hydrogen-bond donors (Lipinski definition) is 0. The van der Waals surface area contributed by atoms with E-state index in [1.54, 1.807) is 22.6 Å². The standard InChI is InChI=1S/C11H14N4S/c1-9(2)8-16-11-5-4-10(13-14-11)15-7-3-6-12-15/h3-7,9H,8H2,1-2H3. The van der Waals surface area contributed by atoms with E-state index in [9.17, 15) is 0 Å². The minimum atomic E-state index is 0.664. The highest BCUT2D eigenvalue weighted by atomic mass is 32.2. The molecule has 84 valence electrons. The molecular formula is C11H14N4S. The smallest absolute Gasteiger partial charge is 0.175 e. The molecule has 0 amide bonds. The van der Waals surface area contributed by atoms with Crippen molar-refractivity contribution in [1.82, 2.24) is 20.0 Å². The Labute approximate surface area is 99.1 Å². The summed E-state index contributed by atoms with van der Waals surface area (Å²) in [6, 6.07) is 5.78. The first-order valence-corrected chi connectivity index (χ1v) is 6.21. The van der Waals surface area contributed by atoms with Gasteiger partial charge in [0.15, 0.2) is 5.82 Å². The van der Waals surface area contributed by atoms with Gasteiger partial charge in [0.25, 0.3) is 0 Å². The molecule has 0 fully saturated rings. The van der Waals surface area contributed by atoms with Crippen LogP contribution in [0.25, 0.3) is 5.82 Å². The van der Waals surface area contributed by atoms with Gasteiger partial charge in [-0.15, -0.1) is 22.0 Å². The number of rotatable bonds is 4. The zero-order chi connectivity index (χ0) is 11.4. The van der Waals surface area contributed by atoms with Crippen LogP contribution in [0.1, 0.15) is 13.8 Å². The van der Waals surface area contributed by atoms with Gasteiger partial charge < -0.3 is 0 Å². The second-order valence-electron chi connectivity index (χ2n) is 3.89. The van der Waals surface area contributed by atoms with E-state index in [0.29, 0.717) is 5.92 Å². The van der Waals surface area contributed by atoms with Gasteiger partial charge in [0.2, 0.25) is 0 Å². The molecular weight excluding hydrogens is 220 g/mol. The van der Waals surface area contributed by atoms with Crippen molar-refractivity contribution in [3.8, 4) is 5.82 Å². The lowest BCUT2D eigenvalue weighted by atomic mass is 10.3. The first kappa shape index (κ1) is 11.1. The van der Waals surface area contributed by atoms with E-state index in [-0.39, 0.29) is 0 Å². The Balaban J connectivity index is 2.05. The molecule has 16 heavy (non-hydrogen) atoms. The molecule has 2 aromatic heterocycles. The van der Waals surface area contributed by atoms with Gasteiger partial charge in [0, 0.05) is 18.1 Å². The molecule has 4 nitrogen and oxygen atoms in total. The van der Waals surface area contributed by atoms with Crippen molar-refractivity contribution in [3.63, 3.8) is 0 Å². The summed E-state index contributed by atoms with van der Waals surface area (Å²) in [5.74, 6) is 2.48. The van der Waals surface area contributed by atoms with E-state index in [2.05, 4.69) is 29.1 Å². The average Bonchev–Trinajstić information content (AvgIpc) is 2.80. The van der Waals surface area contributed by atoms with Crippen LogP contribution in [0.15, 0.2) is 35.6 Å². The van der Waals surface area contributed by atoms with Crippen LogP contribution in [-0.2, 0) is 0 Å². The van der Waals surface area contributed by atoms with Crippen molar-refractivity contribution < 1.29 is 0 Å². The van der Waals surface area contributed by atoms with Gasteiger partial charge in [-0.1, -0.05) is 13.8 Å². The maximum Gasteiger partial charge on any atom is 0.175 e. The summed E-state index contributed by atoms with van der Waals surface area (Å²) < 4.78 is 1.70. The zero-order valence-electron chi connectivity index (χ0n) is 9.37. The number of hydrogen-bond acceptors (Lipinski definition) is 4. The Morgan fingerprint density at radius 3 is 2.75 bits per heavy atom. The van der Waals surface area contributed by atoms with Crippen LogP contribution in [0.2, 0.25) is 0 Å². The summed E-state index contributed by atoms with van der Waals surface area (Å²) >= 11 is 1.73. The van der Waals surface area contributed by atoms with Gasteiger partial charge in [0.1, 0.15) is 5.03 Å². The first-order chi connectivity index (χ1) is 7.75. The lowest BCUT2D eigenvalue weighted by Crippen LogP contribution is -2.00. The number of nitrogens with zero attached hydrogens (tertiary/aromatic N) is 4. The minimum absolute atomic E-state index is 0.664. The quantitative estimate of drug-likeness (QED) is 0.762. The van der Waals surface area contributed by atoms with Crippen LogP contribution in [0, 0.1) is 5.92 Å². The van der Waals surface area contributed by atoms with Crippen molar-refractivity contribution in [2.24, 2.45) is 5.92 Å². The maximum absolute atomic E-state index is 4.16. The van der Waals surface area contributed by atoms with Gasteiger partial charge in [-0.2, -0.15) is 5.10 Å². The highest BCUT2D eigenvalue weighted by Crippen LogP contribution is 2.17. The number of thioether (sulfide) groups is 1. The molecule has 2 rings (SSSR count). The van der Waals surface area contributed by atoms with Crippen molar-refractivity contribution in [2.45, 2.75) is 18.9 Å². The van der Waals surface area contributed by atoms with Crippen LogP contribution < -0.4 is 0 Å². The summed E-state index contributed by atoms with van der Waals surface area (Å²) in [5.41, 5.74) is 0. The second-order valence-corrected chi connectivity index (χ2v) is 4.93. The van der Waals surface area contributed by atoms with E-state index < -0.39 is 0 Å². The van der Waals surface area contributed by atoms with E-state index in [4.69, 9.17) is 0 Å². The Morgan fingerprint density at radius 1 is 1.31 bits per heavy atom. The van der Waals surface area contributed by atoms with Crippen LogP contribution >= 0.6 is 11.8 Å². The predicted molar refractivity (Wildman–Crippen MR) is 64.7 cm³/mol. The molecule has 0 spiro atoms. The topological polar surface area (TPSA) is 43.6 Å². The third-order valence-corrected chi connectivity index (χ3v) is 3.28. The van der Waals surface area contributed by atoms with Crippen LogP contribution in [0.3, 0.4) is 0 Å². The van der Waals surface area contributed by atoms with Crippen molar-refractivity contribution in [3.05, 3.63) is 30.6 Å². The lowest BCUT2D eigenvalue weighted by molar-refractivity contribution is 0.746. The van der Waals surface area contributed by atoms with Crippen molar-refractivity contribution >= 4 is 11.8 Å². The summed E-state index contributed by atoms with van der Waals surface area (Å²) in [6.07, 6.45) is 3.58. The third kappa shape index (κ3) is 2.82. The molecule has 2 aromatic rings. The molecule has 0 aromatic carbocycles. The number of aromatic nitrogens is 4. The largest absolute Gasteiger partial charge is 0.221 e. The monoisotopic (exact) mass is 234 g/mol. The zero-order valence-corrected chi connectivity index (χ0v) is 10.2. The third-order valence-electron chi connectivity index (χ3n) is 1.93. The molecule has 0 unspecified atom stereocenters. The van der Waals surface area contributed by atoms with E-state index in [1.165, 1.54) is 0 Å². The predicted octanol–water partition coefficient (Wildman–Crippen LogP) is 2.41. The SMILES string of the molecule is CC(C)CSc1ccc(-n2cccn2)nn1. The van der Waals surface area contributed by atoms with Crippen molar-refractivity contribution in [1.29, 1.82) is 0 Å². The summed E-state index contributed by atoms with van der Waals surface area (Å²) in [7, 11) is 0. The van der Waals surface area contributed by atoms with Gasteiger partial charge >= 0.3 is 0 Å². The second kappa shape index (κ2) is 5.12. The van der Waals surface area contributed by atoms with E-state index >= 15 is 0 Å². The molecule has 0 aliphatic carbocycles. The molecule has 5 heteroatoms. The fourth-order valence-corrected chi connectivity index (χ4v) is 1.94. The Kier molecular flexibility index (Phi) is 3.56. The highest BCUT2D eigenvalue weighted by Gasteiger charge is 2.01. The van der Waals surface area contributed by atoms with E-state index in [0.717, 1.165) is 16.6 Å². The van der Waals surface area contributed by atoms with E-state index in [1.807, 2.05) is 24.4 Å². The minimum Gasteiger partial charge on any atom is -0.221 e. The summed E-state index contributed by atoms with van der Waals surface area (Å²) in [5, 5.41) is 13.3. The molecule has 0 aliphatic heterocycles. The summed E-state index contributed by atoms with van der Waals surface area (Å²) in [4.78, 5) is 0. The van der Waals surface area contributed by atoms with Crippen LogP contribution in [0.5, 0.6) is 0 Å². The molecule has 0 bridgehead atoms. The van der Waals surface area contributed by atoms with Gasteiger partial charge in [-0.25, -0.2) is 4.68 Å². The van der Waals surface area contributed by atoms with Crippen LogP contribution in [0.4, 0.5) is 0 Å². The molecule has 2 heterocycles. The Hall–Kier alpha value is -1.36. The van der Waals surface area contributed by atoms with Crippen molar-refractivity contribution in [2.75, 3.05) is 5.75 Å². The van der Waals surface area contributed by atoms with Gasteiger partial charge in [-0.3, -0.25) is 0 Å². The molecule has 0 atom stereocenters. The Morgan fingerprint density at radius 2 is 2.19 bits per heavy atom. The van der Waals surface area contributed by atoms with Gasteiger partial charge in [-0.05, 0) is 24.1 Å². The molecule has 0 N–H and O–H groups in total. The molecule has 0 saturated carbocycles. The molecule has 0 aliphatic rings.